The van der Waals surface area contributed by atoms with Gasteiger partial charge in [-0.05, 0) is 6.07 Å². The average Bonchev–Trinajstić information content (AvgIpc) is 3.00. The molecule has 1 atom stereocenters. The molecule has 0 amide bonds. The third kappa shape index (κ3) is 5.09. The fourth-order valence-corrected chi connectivity index (χ4v) is 2.96. The molecule has 0 radical (unpaired) electrons. The summed E-state index contributed by atoms with van der Waals surface area (Å²) in [6, 6.07) is 7.69. The Morgan fingerprint density at radius 3 is 2.85 bits per heavy atom. The average molecular weight is 393 g/mol. The van der Waals surface area contributed by atoms with Gasteiger partial charge in [-0.15, -0.1) is 12.4 Å². The third-order valence-corrected chi connectivity index (χ3v) is 4.06. The molecule has 0 aliphatic carbocycles. The third-order valence-electron chi connectivity index (χ3n) is 4.06. The van der Waals surface area contributed by atoms with Gasteiger partial charge in [-0.3, -0.25) is 4.90 Å². The Labute approximate surface area is 155 Å². The Morgan fingerprint density at radius 2 is 2.12 bits per heavy atom. The van der Waals surface area contributed by atoms with Gasteiger partial charge in [0.15, 0.2) is 5.82 Å². The number of para-hydroxylation sites is 1. The number of ether oxygens (including phenoxy) is 1. The van der Waals surface area contributed by atoms with Crippen molar-refractivity contribution in [3.63, 3.8) is 0 Å². The number of halogens is 4. The van der Waals surface area contributed by atoms with E-state index in [4.69, 9.17) is 9.26 Å². The highest BCUT2D eigenvalue weighted by Crippen LogP contribution is 2.31. The van der Waals surface area contributed by atoms with E-state index in [2.05, 4.69) is 20.4 Å². The molecule has 144 valence electrons. The summed E-state index contributed by atoms with van der Waals surface area (Å²) >= 11 is 0. The van der Waals surface area contributed by atoms with Gasteiger partial charge in [0.25, 0.3) is 0 Å². The van der Waals surface area contributed by atoms with Gasteiger partial charge in [0, 0.05) is 25.2 Å². The van der Waals surface area contributed by atoms with Crippen LogP contribution in [0.1, 0.15) is 23.3 Å². The molecule has 1 fully saturated rings. The van der Waals surface area contributed by atoms with Gasteiger partial charge in [-0.1, -0.05) is 23.4 Å². The summed E-state index contributed by atoms with van der Waals surface area (Å²) in [5.41, 5.74) is 1.01. The van der Waals surface area contributed by atoms with Crippen LogP contribution in [0.25, 0.3) is 0 Å². The largest absolute Gasteiger partial charge is 0.496 e. The Balaban J connectivity index is 0.00000243. The van der Waals surface area contributed by atoms with Crippen LogP contribution in [0.15, 0.2) is 28.8 Å². The van der Waals surface area contributed by atoms with Crippen molar-refractivity contribution in [1.29, 1.82) is 0 Å². The first-order valence-electron chi connectivity index (χ1n) is 7.92. The minimum absolute atomic E-state index is 0. The molecule has 1 aromatic carbocycles. The van der Waals surface area contributed by atoms with Crippen molar-refractivity contribution >= 4 is 12.4 Å². The number of nitrogens with one attached hydrogen (secondary N) is 1. The van der Waals surface area contributed by atoms with Crippen molar-refractivity contribution in [2.24, 2.45) is 0 Å². The van der Waals surface area contributed by atoms with Gasteiger partial charge < -0.3 is 14.6 Å². The van der Waals surface area contributed by atoms with E-state index in [1.54, 1.807) is 7.11 Å². The molecule has 1 N–H and O–H groups in total. The zero-order valence-corrected chi connectivity index (χ0v) is 14.9. The standard InChI is InChI=1S/C16H19F3N4O2.ClH/c1-24-13-5-3-2-4-11(13)12-9-20-6-7-23(12)10-15-21-14(22-25-15)8-16(17,18)19;/h2-5,12,20H,6-10H2,1H3;1H. The van der Waals surface area contributed by atoms with Crippen LogP contribution < -0.4 is 10.1 Å². The molecule has 1 aromatic heterocycles. The van der Waals surface area contributed by atoms with Crippen LogP contribution in [-0.4, -0.2) is 48.0 Å². The van der Waals surface area contributed by atoms with E-state index in [1.165, 1.54) is 0 Å². The van der Waals surface area contributed by atoms with E-state index < -0.39 is 12.6 Å². The molecule has 1 aliphatic rings. The number of benzene rings is 1. The Kier molecular flexibility index (Phi) is 6.85. The fraction of sp³-hybridized carbons (Fsp3) is 0.500. The maximum absolute atomic E-state index is 12.4. The van der Waals surface area contributed by atoms with Crippen LogP contribution in [0.4, 0.5) is 13.2 Å². The second-order valence-corrected chi connectivity index (χ2v) is 5.83. The summed E-state index contributed by atoms with van der Waals surface area (Å²) in [4.78, 5) is 5.97. The molecular formula is C16H20ClF3N4O2. The van der Waals surface area contributed by atoms with Gasteiger partial charge in [-0.2, -0.15) is 18.2 Å². The number of hydrogen-bond donors (Lipinski definition) is 1. The van der Waals surface area contributed by atoms with Crippen molar-refractivity contribution in [2.75, 3.05) is 26.7 Å². The lowest BCUT2D eigenvalue weighted by Crippen LogP contribution is -2.45. The normalized spacial score (nSPS) is 18.4. The van der Waals surface area contributed by atoms with E-state index in [0.29, 0.717) is 13.1 Å². The number of rotatable bonds is 5. The first-order chi connectivity index (χ1) is 12.0. The topological polar surface area (TPSA) is 63.4 Å². The minimum atomic E-state index is -4.35. The zero-order valence-electron chi connectivity index (χ0n) is 14.1. The minimum Gasteiger partial charge on any atom is -0.496 e. The van der Waals surface area contributed by atoms with Crippen LogP contribution in [0.5, 0.6) is 5.75 Å². The molecule has 0 saturated carbocycles. The lowest BCUT2D eigenvalue weighted by molar-refractivity contribution is -0.128. The second kappa shape index (κ2) is 8.70. The summed E-state index contributed by atoms with van der Waals surface area (Å²) in [5, 5.41) is 6.75. The Bertz CT molecular complexity index is 711. The Hall–Kier alpha value is -1.84. The van der Waals surface area contributed by atoms with Crippen LogP contribution in [0, 0.1) is 0 Å². The SMILES string of the molecule is COc1ccccc1C1CNCCN1Cc1nc(CC(F)(F)F)no1.Cl. The summed E-state index contributed by atoms with van der Waals surface area (Å²) in [6.45, 7) is 2.47. The fourth-order valence-electron chi connectivity index (χ4n) is 2.96. The number of piperazine rings is 1. The van der Waals surface area contributed by atoms with Gasteiger partial charge in [0.2, 0.25) is 5.89 Å². The van der Waals surface area contributed by atoms with Crippen molar-refractivity contribution in [3.8, 4) is 5.75 Å². The van der Waals surface area contributed by atoms with Crippen molar-refractivity contribution in [1.82, 2.24) is 20.4 Å². The quantitative estimate of drug-likeness (QED) is 0.844. The van der Waals surface area contributed by atoms with Crippen molar-refractivity contribution in [2.45, 2.75) is 25.2 Å². The summed E-state index contributed by atoms with van der Waals surface area (Å²) < 4.78 is 47.7. The van der Waals surface area contributed by atoms with Crippen LogP contribution in [0.3, 0.4) is 0 Å². The number of aromatic nitrogens is 2. The van der Waals surface area contributed by atoms with E-state index >= 15 is 0 Å². The monoisotopic (exact) mass is 392 g/mol. The van der Waals surface area contributed by atoms with Gasteiger partial charge in [0.1, 0.15) is 12.2 Å². The molecule has 1 aliphatic heterocycles. The van der Waals surface area contributed by atoms with Gasteiger partial charge >= 0.3 is 6.18 Å². The number of nitrogens with zero attached hydrogens (tertiary/aromatic N) is 3. The van der Waals surface area contributed by atoms with Crippen LogP contribution in [-0.2, 0) is 13.0 Å². The maximum atomic E-state index is 12.4. The number of methoxy groups -OCH3 is 1. The predicted octanol–water partition coefficient (Wildman–Crippen LogP) is 2.75. The van der Waals surface area contributed by atoms with Crippen LogP contribution in [0.2, 0.25) is 0 Å². The van der Waals surface area contributed by atoms with Crippen molar-refractivity contribution < 1.29 is 22.4 Å². The first-order valence-corrected chi connectivity index (χ1v) is 7.92. The Morgan fingerprint density at radius 1 is 1.35 bits per heavy atom. The highest BCUT2D eigenvalue weighted by Gasteiger charge is 2.32. The lowest BCUT2D eigenvalue weighted by atomic mass is 10.0. The van der Waals surface area contributed by atoms with E-state index in [9.17, 15) is 13.2 Å². The zero-order chi connectivity index (χ0) is 17.9. The smallest absolute Gasteiger partial charge is 0.396 e. The molecule has 10 heteroatoms. The van der Waals surface area contributed by atoms with E-state index in [-0.39, 0.29) is 36.7 Å². The molecule has 1 saturated heterocycles. The molecule has 6 nitrogen and oxygen atoms in total. The lowest BCUT2D eigenvalue weighted by Gasteiger charge is -2.36. The highest BCUT2D eigenvalue weighted by atomic mass is 35.5. The maximum Gasteiger partial charge on any atom is 0.396 e. The summed E-state index contributed by atoms with van der Waals surface area (Å²) in [5.74, 6) is 0.608. The van der Waals surface area contributed by atoms with Gasteiger partial charge in [-0.25, -0.2) is 0 Å². The molecule has 2 aromatic rings. The van der Waals surface area contributed by atoms with E-state index in [1.807, 2.05) is 24.3 Å². The molecular weight excluding hydrogens is 373 g/mol. The summed E-state index contributed by atoms with van der Waals surface area (Å²) in [6.07, 6.45) is -5.54. The molecule has 3 rings (SSSR count). The molecule has 0 spiro atoms. The number of hydrogen-bond acceptors (Lipinski definition) is 6. The first kappa shape index (κ1) is 20.5. The molecule has 2 heterocycles. The highest BCUT2D eigenvalue weighted by molar-refractivity contribution is 5.85. The predicted molar refractivity (Wildman–Crippen MR) is 90.3 cm³/mol. The van der Waals surface area contributed by atoms with Crippen molar-refractivity contribution in [3.05, 3.63) is 41.5 Å². The van der Waals surface area contributed by atoms with E-state index in [0.717, 1.165) is 17.9 Å². The van der Waals surface area contributed by atoms with Gasteiger partial charge in [0.05, 0.1) is 19.7 Å². The molecule has 1 unspecified atom stereocenters. The molecule has 26 heavy (non-hydrogen) atoms. The van der Waals surface area contributed by atoms with Crippen LogP contribution >= 0.6 is 12.4 Å². The summed E-state index contributed by atoms with van der Waals surface area (Å²) in [7, 11) is 1.61. The number of alkyl halides is 3. The second-order valence-electron chi connectivity index (χ2n) is 5.83. The molecule has 0 bridgehead atoms.